The fourth-order valence-corrected chi connectivity index (χ4v) is 2.57. The van der Waals surface area contributed by atoms with Crippen molar-refractivity contribution in [3.8, 4) is 17.1 Å². The summed E-state index contributed by atoms with van der Waals surface area (Å²) in [6.07, 6.45) is 0. The molecule has 0 fully saturated rings. The maximum atomic E-state index is 12.4. The van der Waals surface area contributed by atoms with Crippen LogP contribution in [-0.4, -0.2) is 38.0 Å². The van der Waals surface area contributed by atoms with Gasteiger partial charge in [-0.15, -0.1) is 5.10 Å². The lowest BCUT2D eigenvalue weighted by atomic mass is 10.2. The molecule has 1 amide bonds. The minimum Gasteiger partial charge on any atom is -0.496 e. The van der Waals surface area contributed by atoms with E-state index in [1.54, 1.807) is 17.9 Å². The third-order valence-electron chi connectivity index (χ3n) is 3.72. The van der Waals surface area contributed by atoms with Gasteiger partial charge in [0.2, 0.25) is 5.95 Å². The van der Waals surface area contributed by atoms with Crippen molar-refractivity contribution in [1.29, 1.82) is 0 Å². The molecule has 2 N–H and O–H groups in total. The Hall–Kier alpha value is -3.16. The first-order chi connectivity index (χ1) is 12.0. The van der Waals surface area contributed by atoms with E-state index in [1.807, 2.05) is 45.0 Å². The molecule has 1 aromatic carbocycles. The summed E-state index contributed by atoms with van der Waals surface area (Å²) in [6.45, 7) is 5.93. The summed E-state index contributed by atoms with van der Waals surface area (Å²) in [5, 5.41) is 13.8. The molecule has 2 heterocycles. The third-order valence-corrected chi connectivity index (χ3v) is 3.72. The molecule has 0 saturated heterocycles. The SMILES string of the molecule is COc1ccccc1-c1nc(NC(=O)c2cc(C)n(C(C)C)n2)n[nH]1. The van der Waals surface area contributed by atoms with Gasteiger partial charge < -0.3 is 4.74 Å². The number of methoxy groups -OCH3 is 1. The summed E-state index contributed by atoms with van der Waals surface area (Å²) in [5.74, 6) is 1.01. The number of H-pyrrole nitrogens is 1. The molecule has 0 atom stereocenters. The Balaban J connectivity index is 1.79. The lowest BCUT2D eigenvalue weighted by Crippen LogP contribution is -2.14. The number of ether oxygens (including phenoxy) is 1. The monoisotopic (exact) mass is 340 g/mol. The average molecular weight is 340 g/mol. The first-order valence-electron chi connectivity index (χ1n) is 7.93. The Bertz CT molecular complexity index is 896. The van der Waals surface area contributed by atoms with Gasteiger partial charge in [0.15, 0.2) is 11.5 Å². The number of hydrogen-bond acceptors (Lipinski definition) is 5. The zero-order chi connectivity index (χ0) is 18.0. The summed E-state index contributed by atoms with van der Waals surface area (Å²) in [4.78, 5) is 16.7. The van der Waals surface area contributed by atoms with Gasteiger partial charge in [0.1, 0.15) is 5.75 Å². The van der Waals surface area contributed by atoms with Gasteiger partial charge in [-0.3, -0.25) is 19.9 Å². The van der Waals surface area contributed by atoms with Crippen LogP contribution in [0.15, 0.2) is 30.3 Å². The maximum Gasteiger partial charge on any atom is 0.278 e. The van der Waals surface area contributed by atoms with E-state index in [4.69, 9.17) is 4.74 Å². The summed E-state index contributed by atoms with van der Waals surface area (Å²) >= 11 is 0. The summed E-state index contributed by atoms with van der Waals surface area (Å²) in [5.41, 5.74) is 2.01. The van der Waals surface area contributed by atoms with Crippen LogP contribution < -0.4 is 10.1 Å². The second-order valence-electron chi connectivity index (χ2n) is 5.87. The summed E-state index contributed by atoms with van der Waals surface area (Å²) in [6, 6.07) is 9.36. The number of nitrogens with zero attached hydrogens (tertiary/aromatic N) is 4. The van der Waals surface area contributed by atoms with Gasteiger partial charge in [0.05, 0.1) is 12.7 Å². The predicted molar refractivity (Wildman–Crippen MR) is 93.7 cm³/mol. The molecule has 0 bridgehead atoms. The van der Waals surface area contributed by atoms with E-state index in [0.717, 1.165) is 11.3 Å². The van der Waals surface area contributed by atoms with Gasteiger partial charge in [0.25, 0.3) is 5.91 Å². The molecule has 130 valence electrons. The van der Waals surface area contributed by atoms with E-state index < -0.39 is 0 Å². The zero-order valence-corrected chi connectivity index (χ0v) is 14.6. The Morgan fingerprint density at radius 3 is 2.76 bits per heavy atom. The minimum atomic E-state index is -0.354. The number of nitrogens with one attached hydrogen (secondary N) is 2. The standard InChI is InChI=1S/C17H20N6O2/c1-10(2)23-11(3)9-13(22-23)16(24)19-17-18-15(20-21-17)12-7-5-6-8-14(12)25-4/h5-10H,1-4H3,(H2,18,19,20,21,24). The number of para-hydroxylation sites is 1. The second-order valence-corrected chi connectivity index (χ2v) is 5.87. The molecule has 0 radical (unpaired) electrons. The van der Waals surface area contributed by atoms with Crippen LogP contribution >= 0.6 is 0 Å². The smallest absolute Gasteiger partial charge is 0.278 e. The predicted octanol–water partition coefficient (Wildman–Crippen LogP) is 2.82. The number of amides is 1. The van der Waals surface area contributed by atoms with Crippen molar-refractivity contribution >= 4 is 11.9 Å². The minimum absolute atomic E-state index is 0.183. The van der Waals surface area contributed by atoms with Crippen LogP contribution in [0.1, 0.15) is 36.1 Å². The molecular weight excluding hydrogens is 320 g/mol. The number of aryl methyl sites for hydroxylation is 1. The van der Waals surface area contributed by atoms with Crippen molar-refractivity contribution in [1.82, 2.24) is 25.0 Å². The van der Waals surface area contributed by atoms with Crippen LogP contribution in [0.25, 0.3) is 11.4 Å². The molecule has 2 aromatic heterocycles. The molecule has 8 heteroatoms. The van der Waals surface area contributed by atoms with Gasteiger partial charge in [-0.25, -0.2) is 0 Å². The number of hydrogen-bond donors (Lipinski definition) is 2. The van der Waals surface area contributed by atoms with Gasteiger partial charge in [-0.2, -0.15) is 10.1 Å². The molecule has 0 saturated carbocycles. The number of aromatic amines is 1. The highest BCUT2D eigenvalue weighted by atomic mass is 16.5. The summed E-state index contributed by atoms with van der Waals surface area (Å²) in [7, 11) is 1.59. The molecule has 8 nitrogen and oxygen atoms in total. The quantitative estimate of drug-likeness (QED) is 0.744. The topological polar surface area (TPSA) is 97.7 Å². The Morgan fingerprint density at radius 2 is 2.08 bits per heavy atom. The van der Waals surface area contributed by atoms with E-state index >= 15 is 0 Å². The van der Waals surface area contributed by atoms with Crippen molar-refractivity contribution < 1.29 is 9.53 Å². The van der Waals surface area contributed by atoms with E-state index in [9.17, 15) is 4.79 Å². The summed E-state index contributed by atoms with van der Waals surface area (Å²) < 4.78 is 7.11. The number of benzene rings is 1. The second kappa shape index (κ2) is 6.76. The van der Waals surface area contributed by atoms with Crippen LogP contribution in [0.2, 0.25) is 0 Å². The first-order valence-corrected chi connectivity index (χ1v) is 7.93. The number of aromatic nitrogens is 5. The van der Waals surface area contributed by atoms with Crippen LogP contribution in [0.5, 0.6) is 5.75 Å². The normalized spacial score (nSPS) is 10.9. The lowest BCUT2D eigenvalue weighted by Gasteiger charge is -2.06. The fourth-order valence-electron chi connectivity index (χ4n) is 2.57. The van der Waals surface area contributed by atoms with Gasteiger partial charge in [0, 0.05) is 11.7 Å². The number of carbonyl (C=O) groups excluding carboxylic acids is 1. The number of anilines is 1. The van der Waals surface area contributed by atoms with Crippen LogP contribution in [0, 0.1) is 6.92 Å². The highest BCUT2D eigenvalue weighted by Gasteiger charge is 2.17. The van der Waals surface area contributed by atoms with Crippen molar-refractivity contribution in [3.05, 3.63) is 41.7 Å². The van der Waals surface area contributed by atoms with E-state index in [2.05, 4.69) is 25.6 Å². The number of carbonyl (C=O) groups is 1. The van der Waals surface area contributed by atoms with Gasteiger partial charge in [-0.1, -0.05) is 12.1 Å². The molecule has 0 unspecified atom stereocenters. The fraction of sp³-hybridized carbons (Fsp3) is 0.294. The Kier molecular flexibility index (Phi) is 4.51. The van der Waals surface area contributed by atoms with Gasteiger partial charge in [-0.05, 0) is 39.0 Å². The first kappa shape index (κ1) is 16.7. The van der Waals surface area contributed by atoms with E-state index in [0.29, 0.717) is 17.3 Å². The highest BCUT2D eigenvalue weighted by molar-refractivity contribution is 6.02. The molecule has 0 spiro atoms. The molecule has 3 rings (SSSR count). The molecule has 0 aliphatic heterocycles. The largest absolute Gasteiger partial charge is 0.496 e. The highest BCUT2D eigenvalue weighted by Crippen LogP contribution is 2.27. The average Bonchev–Trinajstić information content (AvgIpc) is 3.21. The lowest BCUT2D eigenvalue weighted by molar-refractivity contribution is 0.102. The van der Waals surface area contributed by atoms with Crippen molar-refractivity contribution in [2.75, 3.05) is 12.4 Å². The van der Waals surface area contributed by atoms with E-state index in [-0.39, 0.29) is 17.9 Å². The maximum absolute atomic E-state index is 12.4. The van der Waals surface area contributed by atoms with Crippen molar-refractivity contribution in [2.45, 2.75) is 26.8 Å². The third kappa shape index (κ3) is 3.37. The van der Waals surface area contributed by atoms with Crippen molar-refractivity contribution in [3.63, 3.8) is 0 Å². The molecule has 0 aliphatic rings. The Morgan fingerprint density at radius 1 is 1.32 bits per heavy atom. The van der Waals surface area contributed by atoms with Crippen molar-refractivity contribution in [2.24, 2.45) is 0 Å². The molecule has 0 aliphatic carbocycles. The molecule has 3 aromatic rings. The molecular formula is C17H20N6O2. The molecule has 25 heavy (non-hydrogen) atoms. The Labute approximate surface area is 145 Å². The van der Waals surface area contributed by atoms with Crippen LogP contribution in [0.4, 0.5) is 5.95 Å². The van der Waals surface area contributed by atoms with E-state index in [1.165, 1.54) is 0 Å². The zero-order valence-electron chi connectivity index (χ0n) is 14.6. The van der Waals surface area contributed by atoms with Crippen LogP contribution in [0.3, 0.4) is 0 Å². The number of rotatable bonds is 5. The van der Waals surface area contributed by atoms with Gasteiger partial charge >= 0.3 is 0 Å². The van der Waals surface area contributed by atoms with Crippen LogP contribution in [-0.2, 0) is 0 Å².